The van der Waals surface area contributed by atoms with E-state index in [1.807, 2.05) is 30.3 Å². The molecule has 1 aliphatic heterocycles. The summed E-state index contributed by atoms with van der Waals surface area (Å²) in [5, 5.41) is 8.07. The first-order valence-corrected chi connectivity index (χ1v) is 6.49. The molecule has 1 aliphatic rings. The number of carbonyl (C=O) groups is 2. The molecule has 1 amide bonds. The number of benzene rings is 1. The molecule has 1 saturated heterocycles. The molecule has 1 fully saturated rings. The van der Waals surface area contributed by atoms with Crippen LogP contribution in [0.1, 0.15) is 12.5 Å². The van der Waals surface area contributed by atoms with Crippen molar-refractivity contribution in [3.05, 3.63) is 47.7 Å². The first-order chi connectivity index (χ1) is 10.0. The first kappa shape index (κ1) is 14.9. The summed E-state index contributed by atoms with van der Waals surface area (Å²) in [6, 6.07) is 9.43. The van der Waals surface area contributed by atoms with E-state index in [-0.39, 0.29) is 10.8 Å². The monoisotopic (exact) mass is 303 g/mol. The van der Waals surface area contributed by atoms with Crippen molar-refractivity contribution in [3.8, 4) is 0 Å². The highest BCUT2D eigenvalue weighted by atomic mass is 32.1. The van der Waals surface area contributed by atoms with Gasteiger partial charge in [-0.05, 0) is 24.7 Å². The Hall–Kier alpha value is -2.54. The van der Waals surface area contributed by atoms with Gasteiger partial charge in [-0.2, -0.15) is 5.10 Å². The number of nitrogens with zero attached hydrogens (tertiary/aromatic N) is 2. The maximum atomic E-state index is 11.8. The molecule has 0 radical (unpaired) electrons. The minimum Gasteiger partial charge on any atom is -0.466 e. The molecule has 108 valence electrons. The molecule has 0 bridgehead atoms. The van der Waals surface area contributed by atoms with Crippen LogP contribution in [0.4, 0.5) is 0 Å². The zero-order valence-electron chi connectivity index (χ0n) is 11.5. The van der Waals surface area contributed by atoms with E-state index >= 15 is 0 Å². The largest absolute Gasteiger partial charge is 0.466 e. The second-order valence-electron chi connectivity index (χ2n) is 4.18. The number of nitrogens with one attached hydrogen (secondary N) is 1. The lowest BCUT2D eigenvalue weighted by Crippen LogP contribution is -2.24. The SMILES string of the molecule is COC(=O)/C=C1\C(=O)NC(=S)N1/N=C(/C)c1ccccc1. The van der Waals surface area contributed by atoms with Crippen LogP contribution >= 0.6 is 12.2 Å². The van der Waals surface area contributed by atoms with Crippen molar-refractivity contribution in [1.29, 1.82) is 0 Å². The first-order valence-electron chi connectivity index (χ1n) is 6.08. The average Bonchev–Trinajstić information content (AvgIpc) is 2.74. The molecule has 0 aromatic heterocycles. The van der Waals surface area contributed by atoms with Gasteiger partial charge in [0.1, 0.15) is 5.70 Å². The zero-order chi connectivity index (χ0) is 15.4. The fourth-order valence-electron chi connectivity index (χ4n) is 1.70. The van der Waals surface area contributed by atoms with Crippen LogP contribution in [0.5, 0.6) is 0 Å². The van der Waals surface area contributed by atoms with Crippen molar-refractivity contribution in [2.45, 2.75) is 6.92 Å². The number of hydrogen-bond acceptors (Lipinski definition) is 5. The minimum absolute atomic E-state index is 0.0298. The highest BCUT2D eigenvalue weighted by molar-refractivity contribution is 7.80. The van der Waals surface area contributed by atoms with Crippen molar-refractivity contribution in [2.24, 2.45) is 5.10 Å². The van der Waals surface area contributed by atoms with Gasteiger partial charge in [-0.1, -0.05) is 30.3 Å². The van der Waals surface area contributed by atoms with Crippen molar-refractivity contribution in [3.63, 3.8) is 0 Å². The van der Waals surface area contributed by atoms with Gasteiger partial charge >= 0.3 is 5.97 Å². The van der Waals surface area contributed by atoms with Crippen LogP contribution in [0.25, 0.3) is 0 Å². The van der Waals surface area contributed by atoms with Crippen molar-refractivity contribution >= 4 is 34.9 Å². The lowest BCUT2D eigenvalue weighted by Gasteiger charge is -2.12. The van der Waals surface area contributed by atoms with Crippen LogP contribution in [0.3, 0.4) is 0 Å². The smallest absolute Gasteiger partial charge is 0.332 e. The molecule has 7 heteroatoms. The number of hydrogen-bond donors (Lipinski definition) is 1. The number of thiocarbonyl (C=S) groups is 1. The summed E-state index contributed by atoms with van der Waals surface area (Å²) in [4.78, 5) is 23.1. The molecule has 0 unspecified atom stereocenters. The highest BCUT2D eigenvalue weighted by Crippen LogP contribution is 2.15. The molecular formula is C14H13N3O3S. The summed E-state index contributed by atoms with van der Waals surface area (Å²) in [7, 11) is 1.23. The second-order valence-corrected chi connectivity index (χ2v) is 4.56. The molecule has 0 aliphatic carbocycles. The lowest BCUT2D eigenvalue weighted by atomic mass is 10.1. The Balaban J connectivity index is 2.36. The Bertz CT molecular complexity index is 653. The van der Waals surface area contributed by atoms with Crippen molar-refractivity contribution < 1.29 is 14.3 Å². The molecule has 1 heterocycles. The molecule has 6 nitrogen and oxygen atoms in total. The molecule has 1 N–H and O–H groups in total. The van der Waals surface area contributed by atoms with Gasteiger partial charge in [0.25, 0.3) is 5.91 Å². The number of carbonyl (C=O) groups excluding carboxylic acids is 2. The van der Waals surface area contributed by atoms with E-state index < -0.39 is 11.9 Å². The third-order valence-electron chi connectivity index (χ3n) is 2.77. The molecule has 1 aromatic carbocycles. The predicted molar refractivity (Wildman–Crippen MR) is 81.3 cm³/mol. The van der Waals surface area contributed by atoms with Crippen LogP contribution in [-0.4, -0.2) is 34.8 Å². The maximum Gasteiger partial charge on any atom is 0.332 e. The third kappa shape index (κ3) is 3.32. The second kappa shape index (κ2) is 6.27. The fourth-order valence-corrected chi connectivity index (χ4v) is 1.94. The molecular weight excluding hydrogens is 290 g/mol. The van der Waals surface area contributed by atoms with Gasteiger partial charge in [0, 0.05) is 0 Å². The predicted octanol–water partition coefficient (Wildman–Crippen LogP) is 1.18. The van der Waals surface area contributed by atoms with Gasteiger partial charge in [0.05, 0.1) is 18.9 Å². The molecule has 2 rings (SSSR count). The van der Waals surface area contributed by atoms with Gasteiger partial charge in [0.15, 0.2) is 0 Å². The van der Waals surface area contributed by atoms with E-state index in [0.29, 0.717) is 5.71 Å². The fraction of sp³-hybridized carbons (Fsp3) is 0.143. The van der Waals surface area contributed by atoms with Gasteiger partial charge in [0.2, 0.25) is 5.11 Å². The zero-order valence-corrected chi connectivity index (χ0v) is 12.3. The van der Waals surface area contributed by atoms with Gasteiger partial charge in [-0.15, -0.1) is 0 Å². The highest BCUT2D eigenvalue weighted by Gasteiger charge is 2.31. The molecule has 0 atom stereocenters. The third-order valence-corrected chi connectivity index (χ3v) is 3.05. The van der Waals surface area contributed by atoms with E-state index in [2.05, 4.69) is 15.2 Å². The quantitative estimate of drug-likeness (QED) is 0.393. The van der Waals surface area contributed by atoms with Crippen LogP contribution < -0.4 is 5.32 Å². The number of ether oxygens (including phenoxy) is 1. The Morgan fingerprint density at radius 2 is 2.05 bits per heavy atom. The number of hydrazone groups is 1. The maximum absolute atomic E-state index is 11.8. The van der Waals surface area contributed by atoms with E-state index in [0.717, 1.165) is 11.6 Å². The molecule has 0 saturated carbocycles. The molecule has 0 spiro atoms. The summed E-state index contributed by atoms with van der Waals surface area (Å²) >= 11 is 5.05. The van der Waals surface area contributed by atoms with Crippen LogP contribution in [0.15, 0.2) is 47.2 Å². The van der Waals surface area contributed by atoms with Gasteiger partial charge < -0.3 is 4.74 Å². The minimum atomic E-state index is -0.651. The van der Waals surface area contributed by atoms with Crippen LogP contribution in [-0.2, 0) is 14.3 Å². The van der Waals surface area contributed by atoms with Gasteiger partial charge in [-0.25, -0.2) is 9.80 Å². The number of methoxy groups -OCH3 is 1. The van der Waals surface area contributed by atoms with E-state index in [1.54, 1.807) is 6.92 Å². The summed E-state index contributed by atoms with van der Waals surface area (Å²) < 4.78 is 4.52. The Kier molecular flexibility index (Phi) is 4.44. The summed E-state index contributed by atoms with van der Waals surface area (Å²) in [6.07, 6.45) is 1.05. The van der Waals surface area contributed by atoms with Crippen LogP contribution in [0, 0.1) is 0 Å². The Morgan fingerprint density at radius 1 is 1.38 bits per heavy atom. The van der Waals surface area contributed by atoms with Crippen molar-refractivity contribution in [1.82, 2.24) is 10.3 Å². The van der Waals surface area contributed by atoms with Crippen molar-refractivity contribution in [2.75, 3.05) is 7.11 Å². The number of rotatable bonds is 3. The standard InChI is InChI=1S/C14H13N3O3S/c1-9(10-6-4-3-5-7-10)16-17-11(8-12(18)20-2)13(19)15-14(17)21/h3-8H,1-2H3,(H,15,19,21)/b11-8+,16-9-. The molecule has 21 heavy (non-hydrogen) atoms. The van der Waals surface area contributed by atoms with Gasteiger partial charge in [-0.3, -0.25) is 10.1 Å². The van der Waals surface area contributed by atoms with E-state index in [1.165, 1.54) is 12.1 Å². The van der Waals surface area contributed by atoms with E-state index in [9.17, 15) is 9.59 Å². The average molecular weight is 303 g/mol. The summed E-state index contributed by atoms with van der Waals surface area (Å²) in [5.74, 6) is -1.14. The topological polar surface area (TPSA) is 71.0 Å². The summed E-state index contributed by atoms with van der Waals surface area (Å²) in [5.41, 5.74) is 1.57. The number of amides is 1. The number of esters is 1. The Morgan fingerprint density at radius 3 is 2.67 bits per heavy atom. The molecule has 1 aromatic rings. The van der Waals surface area contributed by atoms with Crippen LogP contribution in [0.2, 0.25) is 0 Å². The normalized spacial score (nSPS) is 17.1. The Labute approximate surface area is 127 Å². The summed E-state index contributed by atoms with van der Waals surface area (Å²) in [6.45, 7) is 1.79. The van der Waals surface area contributed by atoms with E-state index in [4.69, 9.17) is 12.2 Å². The lowest BCUT2D eigenvalue weighted by molar-refractivity contribution is -0.135.